The molecule has 1 N–H and O–H groups in total. The molecule has 1 aromatic heterocycles. The number of piperidine rings is 1. The van der Waals surface area contributed by atoms with Gasteiger partial charge in [0.05, 0.1) is 0 Å². The lowest BCUT2D eigenvalue weighted by molar-refractivity contribution is 0.350. The summed E-state index contributed by atoms with van der Waals surface area (Å²) >= 11 is 0. The van der Waals surface area contributed by atoms with Gasteiger partial charge in [0.25, 0.3) is 0 Å². The highest BCUT2D eigenvalue weighted by Gasteiger charge is 2.14. The average Bonchev–Trinajstić information content (AvgIpc) is 2.76. The molecule has 0 atom stereocenters. The summed E-state index contributed by atoms with van der Waals surface area (Å²) in [5.74, 6) is 2.05. The maximum absolute atomic E-state index is 4.22. The summed E-state index contributed by atoms with van der Waals surface area (Å²) in [4.78, 5) is 0. The van der Waals surface area contributed by atoms with Gasteiger partial charge >= 0.3 is 0 Å². The quantitative estimate of drug-likeness (QED) is 0.823. The topological polar surface area (TPSA) is 42.7 Å². The average molecular weight is 222 g/mol. The number of aryl methyl sites for hydroxylation is 2. The predicted molar refractivity (Wildman–Crippen MR) is 64.2 cm³/mol. The Labute approximate surface area is 97.5 Å². The van der Waals surface area contributed by atoms with Crippen LogP contribution in [0.15, 0.2) is 6.33 Å². The third kappa shape index (κ3) is 3.04. The minimum Gasteiger partial charge on any atom is -0.318 e. The fourth-order valence-corrected chi connectivity index (χ4v) is 2.40. The highest BCUT2D eigenvalue weighted by molar-refractivity contribution is 4.87. The molecular formula is C12H22N4. The van der Waals surface area contributed by atoms with Crippen LogP contribution in [-0.4, -0.2) is 27.9 Å². The smallest absolute Gasteiger partial charge is 0.132 e. The Morgan fingerprint density at radius 3 is 3.00 bits per heavy atom. The summed E-state index contributed by atoms with van der Waals surface area (Å²) < 4.78 is 2.20. The van der Waals surface area contributed by atoms with Gasteiger partial charge in [-0.1, -0.05) is 6.92 Å². The molecule has 4 heteroatoms. The van der Waals surface area contributed by atoms with Crippen molar-refractivity contribution in [2.75, 3.05) is 13.1 Å². The molecule has 0 bridgehead atoms. The number of nitrogens with zero attached hydrogens (tertiary/aromatic N) is 3. The van der Waals surface area contributed by atoms with Gasteiger partial charge in [0.15, 0.2) is 0 Å². The number of aromatic nitrogens is 3. The van der Waals surface area contributed by atoms with Crippen molar-refractivity contribution in [3.63, 3.8) is 0 Å². The zero-order valence-electron chi connectivity index (χ0n) is 10.2. The van der Waals surface area contributed by atoms with Crippen molar-refractivity contribution in [1.82, 2.24) is 20.1 Å². The van der Waals surface area contributed by atoms with E-state index in [1.165, 1.54) is 38.2 Å². The zero-order valence-corrected chi connectivity index (χ0v) is 10.2. The standard InChI is InChI=1S/C12H22N4/c1-2-9-16-10-14-15-12(16)4-3-11-5-7-13-8-6-11/h10-11,13H,2-9H2,1H3. The van der Waals surface area contributed by atoms with Gasteiger partial charge in [-0.3, -0.25) is 0 Å². The van der Waals surface area contributed by atoms with E-state index in [4.69, 9.17) is 0 Å². The Balaban J connectivity index is 1.81. The molecule has 0 spiro atoms. The second kappa shape index (κ2) is 5.99. The van der Waals surface area contributed by atoms with Gasteiger partial charge in [-0.2, -0.15) is 0 Å². The molecule has 0 aliphatic carbocycles. The van der Waals surface area contributed by atoms with E-state index < -0.39 is 0 Å². The van der Waals surface area contributed by atoms with Gasteiger partial charge in [-0.25, -0.2) is 0 Å². The van der Waals surface area contributed by atoms with E-state index in [0.717, 1.165) is 25.3 Å². The molecule has 0 amide bonds. The number of hydrogen-bond donors (Lipinski definition) is 1. The van der Waals surface area contributed by atoms with E-state index in [9.17, 15) is 0 Å². The van der Waals surface area contributed by atoms with Gasteiger partial charge in [0.2, 0.25) is 0 Å². The highest BCUT2D eigenvalue weighted by atomic mass is 15.3. The van der Waals surface area contributed by atoms with E-state index in [1.54, 1.807) is 0 Å². The van der Waals surface area contributed by atoms with Crippen LogP contribution in [0, 0.1) is 5.92 Å². The first-order valence-electron chi connectivity index (χ1n) is 6.47. The molecule has 1 fully saturated rings. The van der Waals surface area contributed by atoms with Crippen molar-refractivity contribution >= 4 is 0 Å². The first-order chi connectivity index (χ1) is 7.90. The second-order valence-electron chi connectivity index (χ2n) is 4.67. The van der Waals surface area contributed by atoms with Crippen molar-refractivity contribution in [1.29, 1.82) is 0 Å². The van der Waals surface area contributed by atoms with Gasteiger partial charge in [0, 0.05) is 13.0 Å². The van der Waals surface area contributed by atoms with Crippen LogP contribution in [0.3, 0.4) is 0 Å². The number of rotatable bonds is 5. The van der Waals surface area contributed by atoms with Crippen LogP contribution in [0.1, 0.15) is 38.4 Å². The summed E-state index contributed by atoms with van der Waals surface area (Å²) in [6, 6.07) is 0. The lowest BCUT2D eigenvalue weighted by Gasteiger charge is -2.22. The summed E-state index contributed by atoms with van der Waals surface area (Å²) in [5.41, 5.74) is 0. The Morgan fingerprint density at radius 1 is 1.44 bits per heavy atom. The number of hydrogen-bond acceptors (Lipinski definition) is 3. The molecule has 1 aromatic rings. The van der Waals surface area contributed by atoms with E-state index >= 15 is 0 Å². The van der Waals surface area contributed by atoms with Gasteiger partial charge < -0.3 is 9.88 Å². The molecule has 0 aromatic carbocycles. The third-order valence-electron chi connectivity index (χ3n) is 3.40. The van der Waals surface area contributed by atoms with E-state index in [2.05, 4.69) is 27.0 Å². The van der Waals surface area contributed by atoms with Crippen LogP contribution in [-0.2, 0) is 13.0 Å². The fourth-order valence-electron chi connectivity index (χ4n) is 2.40. The van der Waals surface area contributed by atoms with E-state index in [0.29, 0.717) is 0 Å². The summed E-state index contributed by atoms with van der Waals surface area (Å²) in [6.45, 7) is 5.61. The SMILES string of the molecule is CCCn1cnnc1CCC1CCNCC1. The number of nitrogens with one attached hydrogen (secondary N) is 1. The fraction of sp³-hybridized carbons (Fsp3) is 0.833. The molecule has 0 radical (unpaired) electrons. The Hall–Kier alpha value is -0.900. The van der Waals surface area contributed by atoms with Crippen molar-refractivity contribution < 1.29 is 0 Å². The van der Waals surface area contributed by atoms with Crippen LogP contribution in [0.2, 0.25) is 0 Å². The first-order valence-corrected chi connectivity index (χ1v) is 6.47. The maximum Gasteiger partial charge on any atom is 0.132 e. The molecule has 1 saturated heterocycles. The van der Waals surface area contributed by atoms with Crippen LogP contribution in [0.5, 0.6) is 0 Å². The van der Waals surface area contributed by atoms with Crippen molar-refractivity contribution in [3.05, 3.63) is 12.2 Å². The van der Waals surface area contributed by atoms with E-state index in [1.807, 2.05) is 6.33 Å². The Kier molecular flexibility index (Phi) is 4.34. The zero-order chi connectivity index (χ0) is 11.2. The molecule has 2 rings (SSSR count). The lowest BCUT2D eigenvalue weighted by atomic mass is 9.93. The molecule has 1 aliphatic heterocycles. The summed E-state index contributed by atoms with van der Waals surface area (Å²) in [7, 11) is 0. The minimum atomic E-state index is 0.882. The molecule has 0 saturated carbocycles. The summed E-state index contributed by atoms with van der Waals surface area (Å²) in [5, 5.41) is 11.6. The monoisotopic (exact) mass is 222 g/mol. The molecule has 1 aliphatic rings. The maximum atomic E-state index is 4.22. The Bertz CT molecular complexity index is 302. The minimum absolute atomic E-state index is 0.882. The van der Waals surface area contributed by atoms with Gasteiger partial charge in [-0.05, 0) is 44.7 Å². The summed E-state index contributed by atoms with van der Waals surface area (Å²) in [6.07, 6.45) is 8.01. The van der Waals surface area contributed by atoms with Crippen molar-refractivity contribution in [2.24, 2.45) is 5.92 Å². The molecular weight excluding hydrogens is 200 g/mol. The van der Waals surface area contributed by atoms with Crippen LogP contribution in [0.4, 0.5) is 0 Å². The molecule has 4 nitrogen and oxygen atoms in total. The van der Waals surface area contributed by atoms with Crippen LogP contribution < -0.4 is 5.32 Å². The molecule has 90 valence electrons. The van der Waals surface area contributed by atoms with Crippen LogP contribution in [0.25, 0.3) is 0 Å². The predicted octanol–water partition coefficient (Wildman–Crippen LogP) is 1.62. The van der Waals surface area contributed by atoms with Crippen molar-refractivity contribution in [3.8, 4) is 0 Å². The molecule has 2 heterocycles. The molecule has 0 unspecified atom stereocenters. The highest BCUT2D eigenvalue weighted by Crippen LogP contribution is 2.18. The van der Waals surface area contributed by atoms with Gasteiger partial charge in [-0.15, -0.1) is 10.2 Å². The lowest BCUT2D eigenvalue weighted by Crippen LogP contribution is -2.28. The second-order valence-corrected chi connectivity index (χ2v) is 4.67. The van der Waals surface area contributed by atoms with Crippen LogP contribution >= 0.6 is 0 Å². The Morgan fingerprint density at radius 2 is 2.25 bits per heavy atom. The third-order valence-corrected chi connectivity index (χ3v) is 3.40. The largest absolute Gasteiger partial charge is 0.318 e. The van der Waals surface area contributed by atoms with Gasteiger partial charge in [0.1, 0.15) is 12.2 Å². The van der Waals surface area contributed by atoms with Crippen molar-refractivity contribution in [2.45, 2.75) is 45.6 Å². The normalized spacial score (nSPS) is 17.8. The first kappa shape index (κ1) is 11.6. The molecule has 16 heavy (non-hydrogen) atoms. The van der Waals surface area contributed by atoms with E-state index in [-0.39, 0.29) is 0 Å².